The molecular formula is C9H20N2O3. The van der Waals surface area contributed by atoms with Gasteiger partial charge in [0, 0.05) is 6.61 Å². The van der Waals surface area contributed by atoms with Gasteiger partial charge in [-0.1, -0.05) is 11.6 Å². The standard InChI is InChI=1S/C9H20N2O3/c10-13-7-2-4-9(3-1-6-12)5-8-14-11/h4,12H,1-3,5-8,10-11H2/b9-4-. The summed E-state index contributed by atoms with van der Waals surface area (Å²) in [6, 6.07) is 0. The summed E-state index contributed by atoms with van der Waals surface area (Å²) in [7, 11) is 0. The minimum atomic E-state index is 0.203. The Morgan fingerprint density at radius 2 is 1.86 bits per heavy atom. The number of nitrogens with two attached hydrogens (primary N) is 2. The minimum absolute atomic E-state index is 0.203. The molecule has 0 rings (SSSR count). The van der Waals surface area contributed by atoms with Crippen LogP contribution < -0.4 is 11.8 Å². The van der Waals surface area contributed by atoms with Crippen molar-refractivity contribution in [1.82, 2.24) is 0 Å². The molecule has 0 atom stereocenters. The molecule has 0 aromatic rings. The molecule has 0 spiro atoms. The molecule has 5 N–H and O–H groups in total. The molecule has 0 radical (unpaired) electrons. The SMILES string of the molecule is NOCC/C=C(/CCCO)CCON. The number of aliphatic hydroxyl groups excluding tert-OH is 1. The van der Waals surface area contributed by atoms with E-state index in [1.807, 2.05) is 0 Å². The van der Waals surface area contributed by atoms with E-state index in [9.17, 15) is 0 Å². The smallest absolute Gasteiger partial charge is 0.0716 e. The van der Waals surface area contributed by atoms with E-state index < -0.39 is 0 Å². The first kappa shape index (κ1) is 13.5. The summed E-state index contributed by atoms with van der Waals surface area (Å²) in [5.41, 5.74) is 1.22. The van der Waals surface area contributed by atoms with Crippen LogP contribution in [-0.4, -0.2) is 24.9 Å². The first-order valence-corrected chi connectivity index (χ1v) is 4.77. The van der Waals surface area contributed by atoms with Gasteiger partial charge in [-0.05, 0) is 25.7 Å². The Balaban J connectivity index is 3.75. The van der Waals surface area contributed by atoms with Crippen molar-refractivity contribution >= 4 is 0 Å². The van der Waals surface area contributed by atoms with Crippen LogP contribution in [0.5, 0.6) is 0 Å². The van der Waals surface area contributed by atoms with Crippen LogP contribution in [0.4, 0.5) is 0 Å². The van der Waals surface area contributed by atoms with E-state index >= 15 is 0 Å². The molecular weight excluding hydrogens is 184 g/mol. The molecule has 0 fully saturated rings. The summed E-state index contributed by atoms with van der Waals surface area (Å²) in [6.07, 6.45) is 5.26. The fourth-order valence-electron chi connectivity index (χ4n) is 1.16. The third-order valence-electron chi connectivity index (χ3n) is 1.87. The van der Waals surface area contributed by atoms with Crippen LogP contribution in [0.2, 0.25) is 0 Å². The van der Waals surface area contributed by atoms with Crippen molar-refractivity contribution in [1.29, 1.82) is 0 Å². The molecule has 0 heterocycles. The second-order valence-electron chi connectivity index (χ2n) is 2.97. The molecule has 0 amide bonds. The Kier molecular flexibility index (Phi) is 10.3. The maximum Gasteiger partial charge on any atom is 0.0716 e. The number of hydrogen-bond donors (Lipinski definition) is 3. The number of aliphatic hydroxyl groups is 1. The lowest BCUT2D eigenvalue weighted by Crippen LogP contribution is -2.03. The zero-order chi connectivity index (χ0) is 10.6. The van der Waals surface area contributed by atoms with Gasteiger partial charge in [0.15, 0.2) is 0 Å². The highest BCUT2D eigenvalue weighted by atomic mass is 16.6. The summed E-state index contributed by atoms with van der Waals surface area (Å²) in [6.45, 7) is 1.21. The van der Waals surface area contributed by atoms with Crippen LogP contribution >= 0.6 is 0 Å². The Labute approximate surface area is 84.6 Å². The maximum absolute atomic E-state index is 8.68. The van der Waals surface area contributed by atoms with Crippen LogP contribution in [0.3, 0.4) is 0 Å². The van der Waals surface area contributed by atoms with E-state index in [1.165, 1.54) is 5.57 Å². The fraction of sp³-hybridized carbons (Fsp3) is 0.778. The largest absolute Gasteiger partial charge is 0.396 e. The van der Waals surface area contributed by atoms with E-state index in [-0.39, 0.29) is 6.61 Å². The average Bonchev–Trinajstić information content (AvgIpc) is 2.21. The first-order chi connectivity index (χ1) is 6.85. The molecule has 0 aliphatic rings. The minimum Gasteiger partial charge on any atom is -0.396 e. The molecule has 0 saturated heterocycles. The predicted molar refractivity (Wildman–Crippen MR) is 53.9 cm³/mol. The zero-order valence-electron chi connectivity index (χ0n) is 8.45. The van der Waals surface area contributed by atoms with Crippen molar-refractivity contribution in [2.75, 3.05) is 19.8 Å². The zero-order valence-corrected chi connectivity index (χ0v) is 8.45. The van der Waals surface area contributed by atoms with E-state index in [1.54, 1.807) is 0 Å². The Morgan fingerprint density at radius 3 is 2.43 bits per heavy atom. The van der Waals surface area contributed by atoms with E-state index in [0.29, 0.717) is 13.2 Å². The second kappa shape index (κ2) is 10.6. The van der Waals surface area contributed by atoms with Gasteiger partial charge < -0.3 is 14.8 Å². The lowest BCUT2D eigenvalue weighted by molar-refractivity contribution is 0.138. The van der Waals surface area contributed by atoms with E-state index in [4.69, 9.17) is 16.9 Å². The molecule has 0 bridgehead atoms. The summed E-state index contributed by atoms with van der Waals surface area (Å²) >= 11 is 0. The molecule has 0 aromatic heterocycles. The van der Waals surface area contributed by atoms with Gasteiger partial charge in [-0.15, -0.1) is 0 Å². The van der Waals surface area contributed by atoms with Gasteiger partial charge in [0.2, 0.25) is 0 Å². The topological polar surface area (TPSA) is 90.7 Å². The monoisotopic (exact) mass is 204 g/mol. The fourth-order valence-corrected chi connectivity index (χ4v) is 1.16. The molecule has 5 heteroatoms. The van der Waals surface area contributed by atoms with Gasteiger partial charge in [-0.3, -0.25) is 0 Å². The van der Waals surface area contributed by atoms with Crippen LogP contribution in [0.15, 0.2) is 11.6 Å². The van der Waals surface area contributed by atoms with Crippen molar-refractivity contribution in [2.24, 2.45) is 11.8 Å². The highest BCUT2D eigenvalue weighted by Crippen LogP contribution is 2.10. The molecule has 5 nitrogen and oxygen atoms in total. The molecule has 0 unspecified atom stereocenters. The third-order valence-corrected chi connectivity index (χ3v) is 1.87. The summed E-state index contributed by atoms with van der Waals surface area (Å²) < 4.78 is 0. The van der Waals surface area contributed by atoms with Crippen molar-refractivity contribution < 1.29 is 14.8 Å². The van der Waals surface area contributed by atoms with Gasteiger partial charge in [0.25, 0.3) is 0 Å². The van der Waals surface area contributed by atoms with E-state index in [0.717, 1.165) is 25.7 Å². The van der Waals surface area contributed by atoms with Gasteiger partial charge in [0.05, 0.1) is 13.2 Å². The van der Waals surface area contributed by atoms with Crippen molar-refractivity contribution in [3.8, 4) is 0 Å². The van der Waals surface area contributed by atoms with E-state index in [2.05, 4.69) is 15.8 Å². The van der Waals surface area contributed by atoms with Gasteiger partial charge in [0.1, 0.15) is 0 Å². The summed E-state index contributed by atoms with van der Waals surface area (Å²) in [5.74, 6) is 9.84. The van der Waals surface area contributed by atoms with Crippen LogP contribution in [0.1, 0.15) is 25.7 Å². The molecule has 84 valence electrons. The van der Waals surface area contributed by atoms with Gasteiger partial charge in [-0.25, -0.2) is 11.8 Å². The quantitative estimate of drug-likeness (QED) is 0.284. The molecule has 14 heavy (non-hydrogen) atoms. The highest BCUT2D eigenvalue weighted by molar-refractivity contribution is 5.01. The normalized spacial score (nSPS) is 12.1. The lowest BCUT2D eigenvalue weighted by atomic mass is 10.1. The second-order valence-corrected chi connectivity index (χ2v) is 2.97. The summed E-state index contributed by atoms with van der Waals surface area (Å²) in [5, 5.41) is 8.68. The van der Waals surface area contributed by atoms with Gasteiger partial charge >= 0.3 is 0 Å². The first-order valence-electron chi connectivity index (χ1n) is 4.77. The molecule has 0 aliphatic carbocycles. The molecule has 0 aliphatic heterocycles. The van der Waals surface area contributed by atoms with Crippen molar-refractivity contribution in [3.63, 3.8) is 0 Å². The maximum atomic E-state index is 8.68. The van der Waals surface area contributed by atoms with Crippen LogP contribution in [0, 0.1) is 0 Å². The lowest BCUT2D eigenvalue weighted by Gasteiger charge is -2.05. The Hall–Kier alpha value is -0.460. The van der Waals surface area contributed by atoms with Crippen LogP contribution in [0.25, 0.3) is 0 Å². The molecule has 0 aromatic carbocycles. The van der Waals surface area contributed by atoms with Crippen LogP contribution in [-0.2, 0) is 9.68 Å². The number of rotatable bonds is 9. The number of hydrogen-bond acceptors (Lipinski definition) is 5. The van der Waals surface area contributed by atoms with Crippen molar-refractivity contribution in [3.05, 3.63) is 11.6 Å². The van der Waals surface area contributed by atoms with Crippen molar-refractivity contribution in [2.45, 2.75) is 25.7 Å². The predicted octanol–water partition coefficient (Wildman–Crippen LogP) is 0.246. The Morgan fingerprint density at radius 1 is 1.14 bits per heavy atom. The van der Waals surface area contributed by atoms with Gasteiger partial charge in [-0.2, -0.15) is 0 Å². The third kappa shape index (κ3) is 8.15. The summed E-state index contributed by atoms with van der Waals surface area (Å²) in [4.78, 5) is 8.95. The Bertz CT molecular complexity index is 141. The molecule has 0 saturated carbocycles. The highest BCUT2D eigenvalue weighted by Gasteiger charge is 1.97. The average molecular weight is 204 g/mol.